The molecular weight excluding hydrogens is 256 g/mol. The van der Waals surface area contributed by atoms with Crippen molar-refractivity contribution in [3.63, 3.8) is 0 Å². The summed E-state index contributed by atoms with van der Waals surface area (Å²) in [5, 5.41) is 1.76. The summed E-state index contributed by atoms with van der Waals surface area (Å²) in [6.07, 6.45) is 0. The molecule has 4 heteroatoms. The van der Waals surface area contributed by atoms with E-state index in [2.05, 4.69) is 17.6 Å². The van der Waals surface area contributed by atoms with Crippen LogP contribution in [0.3, 0.4) is 0 Å². The Hall–Kier alpha value is -1.78. The van der Waals surface area contributed by atoms with Gasteiger partial charge in [0.25, 0.3) is 5.91 Å². The number of nitrogens with zero attached hydrogens (tertiary/aromatic N) is 1. The molecule has 0 saturated carbocycles. The normalized spacial score (nSPS) is 19.5. The van der Waals surface area contributed by atoms with Gasteiger partial charge in [-0.3, -0.25) is 4.79 Å². The van der Waals surface area contributed by atoms with Crippen LogP contribution in [0.5, 0.6) is 0 Å². The molecule has 1 saturated heterocycles. The zero-order chi connectivity index (χ0) is 13.1. The van der Waals surface area contributed by atoms with Gasteiger partial charge in [-0.1, -0.05) is 48.5 Å². The van der Waals surface area contributed by atoms with Crippen LogP contribution in [0.1, 0.15) is 10.9 Å². The van der Waals surface area contributed by atoms with Crippen LogP contribution in [-0.2, 0) is 4.79 Å². The van der Waals surface area contributed by atoms with Crippen molar-refractivity contribution in [2.24, 2.45) is 0 Å². The molecule has 3 rings (SSSR count). The fourth-order valence-electron chi connectivity index (χ4n) is 2.04. The Labute approximate surface area is 116 Å². The number of carbonyl (C=O) groups is 1. The van der Waals surface area contributed by atoms with Gasteiger partial charge >= 0.3 is 0 Å². The molecule has 0 aliphatic carbocycles. The standard InChI is InChI=1S/C15H14N2OS/c18-14-11-19-15(12-7-3-1-4-8-12)16-17(14)13-9-5-2-6-10-13/h1-10,15-16H,11H2. The van der Waals surface area contributed by atoms with E-state index in [1.165, 1.54) is 5.56 Å². The molecule has 1 atom stereocenters. The van der Waals surface area contributed by atoms with Crippen LogP contribution in [0, 0.1) is 0 Å². The van der Waals surface area contributed by atoms with Gasteiger partial charge in [-0.05, 0) is 17.7 Å². The maximum Gasteiger partial charge on any atom is 0.251 e. The van der Waals surface area contributed by atoms with E-state index in [1.54, 1.807) is 16.8 Å². The van der Waals surface area contributed by atoms with Gasteiger partial charge in [0.15, 0.2) is 0 Å². The highest BCUT2D eigenvalue weighted by atomic mass is 32.2. The van der Waals surface area contributed by atoms with Crippen molar-refractivity contribution < 1.29 is 4.79 Å². The quantitative estimate of drug-likeness (QED) is 0.910. The van der Waals surface area contributed by atoms with E-state index in [0.717, 1.165) is 5.69 Å². The average Bonchev–Trinajstić information content (AvgIpc) is 2.49. The Morgan fingerprint density at radius 3 is 2.32 bits per heavy atom. The third kappa shape index (κ3) is 2.64. The molecule has 2 aromatic carbocycles. The molecule has 1 aliphatic heterocycles. The minimum absolute atomic E-state index is 0.0865. The molecule has 0 radical (unpaired) electrons. The van der Waals surface area contributed by atoms with Crippen LogP contribution in [0.25, 0.3) is 0 Å². The van der Waals surface area contributed by atoms with Gasteiger partial charge in [-0.15, -0.1) is 11.8 Å². The zero-order valence-electron chi connectivity index (χ0n) is 10.3. The number of benzene rings is 2. The summed E-state index contributed by atoms with van der Waals surface area (Å²) in [5.74, 6) is 0.574. The second-order valence-corrected chi connectivity index (χ2v) is 5.39. The van der Waals surface area contributed by atoms with Crippen LogP contribution in [0.15, 0.2) is 60.7 Å². The lowest BCUT2D eigenvalue weighted by molar-refractivity contribution is -0.117. The second kappa shape index (κ2) is 5.47. The molecule has 1 fully saturated rings. The first-order chi connectivity index (χ1) is 9.34. The molecular formula is C15H14N2OS. The zero-order valence-corrected chi connectivity index (χ0v) is 11.1. The van der Waals surface area contributed by atoms with Crippen molar-refractivity contribution in [1.29, 1.82) is 0 Å². The van der Waals surface area contributed by atoms with Crippen molar-refractivity contribution in [3.8, 4) is 0 Å². The highest BCUT2D eigenvalue weighted by Crippen LogP contribution is 2.31. The Morgan fingerprint density at radius 2 is 1.63 bits per heavy atom. The van der Waals surface area contributed by atoms with Gasteiger partial charge in [0.05, 0.1) is 16.8 Å². The fourth-order valence-corrected chi connectivity index (χ4v) is 3.01. The topological polar surface area (TPSA) is 32.3 Å². The van der Waals surface area contributed by atoms with Crippen LogP contribution < -0.4 is 10.4 Å². The fraction of sp³-hybridized carbons (Fsp3) is 0.133. The summed E-state index contributed by atoms with van der Waals surface area (Å²) >= 11 is 1.62. The number of rotatable bonds is 2. The first-order valence-electron chi connectivity index (χ1n) is 6.15. The molecule has 0 aromatic heterocycles. The summed E-state index contributed by atoms with van der Waals surface area (Å²) in [4.78, 5) is 12.0. The van der Waals surface area contributed by atoms with Crippen LogP contribution >= 0.6 is 11.8 Å². The second-order valence-electron chi connectivity index (χ2n) is 4.30. The minimum Gasteiger partial charge on any atom is -0.272 e. The van der Waals surface area contributed by atoms with E-state index in [9.17, 15) is 4.79 Å². The Morgan fingerprint density at radius 1 is 1.00 bits per heavy atom. The molecule has 1 unspecified atom stereocenters. The number of carbonyl (C=O) groups excluding carboxylic acids is 1. The van der Waals surface area contributed by atoms with E-state index >= 15 is 0 Å². The lowest BCUT2D eigenvalue weighted by Gasteiger charge is -2.33. The molecule has 1 amide bonds. The lowest BCUT2D eigenvalue weighted by Crippen LogP contribution is -2.49. The van der Waals surface area contributed by atoms with Crippen LogP contribution in [0.4, 0.5) is 5.69 Å². The first-order valence-corrected chi connectivity index (χ1v) is 7.20. The number of anilines is 1. The highest BCUT2D eigenvalue weighted by molar-refractivity contribution is 8.00. The summed E-state index contributed by atoms with van der Waals surface area (Å²) in [5.41, 5.74) is 5.35. The highest BCUT2D eigenvalue weighted by Gasteiger charge is 2.27. The van der Waals surface area contributed by atoms with E-state index in [-0.39, 0.29) is 11.3 Å². The molecule has 0 spiro atoms. The Kier molecular flexibility index (Phi) is 3.53. The number of thioether (sulfide) groups is 1. The number of amides is 1. The predicted molar refractivity (Wildman–Crippen MR) is 78.7 cm³/mol. The number of nitrogens with one attached hydrogen (secondary N) is 1. The summed E-state index contributed by atoms with van der Waals surface area (Å²) in [6, 6.07) is 19.9. The smallest absolute Gasteiger partial charge is 0.251 e. The van der Waals surface area contributed by atoms with E-state index in [0.29, 0.717) is 5.75 Å². The molecule has 19 heavy (non-hydrogen) atoms. The number of hydrogen-bond donors (Lipinski definition) is 1. The summed E-state index contributed by atoms with van der Waals surface area (Å²) < 4.78 is 0. The van der Waals surface area contributed by atoms with Crippen LogP contribution in [-0.4, -0.2) is 11.7 Å². The SMILES string of the molecule is O=C1CSC(c2ccccc2)NN1c1ccccc1. The summed E-state index contributed by atoms with van der Waals surface area (Å²) in [7, 11) is 0. The third-order valence-electron chi connectivity index (χ3n) is 2.99. The van der Waals surface area contributed by atoms with E-state index in [4.69, 9.17) is 0 Å². The maximum atomic E-state index is 12.0. The molecule has 2 aromatic rings. The summed E-state index contributed by atoms with van der Waals surface area (Å²) in [6.45, 7) is 0. The van der Waals surface area contributed by atoms with Crippen molar-refractivity contribution in [3.05, 3.63) is 66.2 Å². The number of para-hydroxylation sites is 1. The Balaban J connectivity index is 1.84. The van der Waals surface area contributed by atoms with Crippen molar-refractivity contribution in [2.45, 2.75) is 5.37 Å². The van der Waals surface area contributed by atoms with Gasteiger partial charge in [0, 0.05) is 0 Å². The van der Waals surface area contributed by atoms with Crippen molar-refractivity contribution in [2.75, 3.05) is 10.8 Å². The van der Waals surface area contributed by atoms with Gasteiger partial charge in [0.2, 0.25) is 0 Å². The average molecular weight is 270 g/mol. The lowest BCUT2D eigenvalue weighted by atomic mass is 10.2. The van der Waals surface area contributed by atoms with Crippen molar-refractivity contribution >= 4 is 23.4 Å². The number of hydrazine groups is 1. The molecule has 96 valence electrons. The maximum absolute atomic E-state index is 12.0. The largest absolute Gasteiger partial charge is 0.272 e. The van der Waals surface area contributed by atoms with Gasteiger partial charge in [-0.25, -0.2) is 10.4 Å². The molecule has 3 nitrogen and oxygen atoms in total. The number of hydrogen-bond acceptors (Lipinski definition) is 3. The Bertz CT molecular complexity index is 559. The van der Waals surface area contributed by atoms with E-state index in [1.807, 2.05) is 48.5 Å². The van der Waals surface area contributed by atoms with Crippen LogP contribution in [0.2, 0.25) is 0 Å². The third-order valence-corrected chi connectivity index (χ3v) is 4.11. The molecule has 1 N–H and O–H groups in total. The van der Waals surface area contributed by atoms with Gasteiger partial charge in [0.1, 0.15) is 0 Å². The van der Waals surface area contributed by atoms with Gasteiger partial charge < -0.3 is 0 Å². The van der Waals surface area contributed by atoms with Gasteiger partial charge in [-0.2, -0.15) is 0 Å². The van der Waals surface area contributed by atoms with Crippen molar-refractivity contribution in [1.82, 2.24) is 5.43 Å². The first kappa shape index (κ1) is 12.3. The minimum atomic E-state index is 0.0865. The molecule has 1 heterocycles. The molecule has 1 aliphatic rings. The van der Waals surface area contributed by atoms with E-state index < -0.39 is 0 Å². The monoisotopic (exact) mass is 270 g/mol. The molecule has 0 bridgehead atoms. The predicted octanol–water partition coefficient (Wildman–Crippen LogP) is 2.97.